The molecule has 136 valence electrons. The zero-order valence-electron chi connectivity index (χ0n) is 14.9. The summed E-state index contributed by atoms with van der Waals surface area (Å²) >= 11 is 0. The van der Waals surface area contributed by atoms with Gasteiger partial charge in [-0.1, -0.05) is 18.2 Å². The van der Waals surface area contributed by atoms with Crippen molar-refractivity contribution < 1.29 is 9.18 Å². The van der Waals surface area contributed by atoms with E-state index in [-0.39, 0.29) is 12.1 Å². The van der Waals surface area contributed by atoms with Gasteiger partial charge in [0.15, 0.2) is 0 Å². The lowest BCUT2D eigenvalue weighted by Crippen LogP contribution is -2.29. The number of halogens is 1. The molecule has 0 radical (unpaired) electrons. The van der Waals surface area contributed by atoms with Crippen molar-refractivity contribution in [2.75, 3.05) is 5.32 Å². The quantitative estimate of drug-likeness (QED) is 0.608. The van der Waals surface area contributed by atoms with E-state index >= 15 is 0 Å². The number of amides is 1. The van der Waals surface area contributed by atoms with Gasteiger partial charge in [-0.2, -0.15) is 5.10 Å². The molecule has 2 aromatic carbocycles. The van der Waals surface area contributed by atoms with Crippen LogP contribution in [0, 0.1) is 19.7 Å². The predicted molar refractivity (Wildman–Crippen MR) is 101 cm³/mol. The maximum atomic E-state index is 13.7. The maximum absolute atomic E-state index is 13.7. The number of carbonyl (C=O) groups excluding carboxylic acids is 1. The second kappa shape index (κ2) is 6.35. The molecule has 0 atom stereocenters. The van der Waals surface area contributed by atoms with E-state index in [2.05, 4.69) is 10.4 Å². The third kappa shape index (κ3) is 2.97. The number of nitrogens with zero attached hydrogens (tertiary/aromatic N) is 3. The van der Waals surface area contributed by atoms with E-state index in [4.69, 9.17) is 0 Å². The van der Waals surface area contributed by atoms with Crippen molar-refractivity contribution in [3.05, 3.63) is 76.0 Å². The Hall–Kier alpha value is -3.48. The third-order valence-electron chi connectivity index (χ3n) is 4.45. The minimum absolute atomic E-state index is 0.201. The molecule has 1 amide bonds. The van der Waals surface area contributed by atoms with Gasteiger partial charge in [-0.05, 0) is 43.7 Å². The fourth-order valence-corrected chi connectivity index (χ4v) is 3.11. The van der Waals surface area contributed by atoms with Crippen LogP contribution in [0.3, 0.4) is 0 Å². The highest BCUT2D eigenvalue weighted by atomic mass is 19.1. The van der Waals surface area contributed by atoms with Crippen LogP contribution < -0.4 is 10.9 Å². The van der Waals surface area contributed by atoms with Crippen LogP contribution in [-0.4, -0.2) is 20.1 Å². The van der Waals surface area contributed by atoms with E-state index in [1.165, 1.54) is 10.6 Å². The molecule has 1 N–H and O–H groups in total. The van der Waals surface area contributed by atoms with Crippen LogP contribution in [0.5, 0.6) is 0 Å². The number of anilines is 1. The molecule has 0 aliphatic carbocycles. The number of fused-ring (bicyclic) bond motifs is 3. The summed E-state index contributed by atoms with van der Waals surface area (Å²) in [6.45, 7) is 3.27. The molecule has 0 aliphatic heterocycles. The molecule has 0 fully saturated rings. The van der Waals surface area contributed by atoms with Crippen LogP contribution in [0.4, 0.5) is 10.1 Å². The van der Waals surface area contributed by atoms with Crippen LogP contribution in [-0.2, 0) is 11.3 Å². The Morgan fingerprint density at radius 3 is 2.70 bits per heavy atom. The summed E-state index contributed by atoms with van der Waals surface area (Å²) in [4.78, 5) is 25.4. The number of nitrogens with one attached hydrogen (secondary N) is 1. The minimum Gasteiger partial charge on any atom is -0.324 e. The highest BCUT2D eigenvalue weighted by Gasteiger charge is 2.15. The lowest BCUT2D eigenvalue weighted by Gasteiger charge is -2.11. The van der Waals surface area contributed by atoms with Gasteiger partial charge in [0.1, 0.15) is 18.0 Å². The van der Waals surface area contributed by atoms with Crippen molar-refractivity contribution in [1.29, 1.82) is 0 Å². The molecule has 0 unspecified atom stereocenters. The lowest BCUT2D eigenvalue weighted by molar-refractivity contribution is -0.116. The first-order valence-corrected chi connectivity index (χ1v) is 8.48. The SMILES string of the molecule is Cc1cc2n(CC(=O)Nc3ccc(C)c(F)c3)c(=O)c3ccccc3n2n1. The van der Waals surface area contributed by atoms with E-state index in [0.717, 1.165) is 5.69 Å². The van der Waals surface area contributed by atoms with Gasteiger partial charge in [0.25, 0.3) is 5.56 Å². The van der Waals surface area contributed by atoms with Crippen molar-refractivity contribution in [2.24, 2.45) is 0 Å². The zero-order valence-corrected chi connectivity index (χ0v) is 14.9. The number of para-hydroxylation sites is 1. The van der Waals surface area contributed by atoms with Crippen LogP contribution in [0.2, 0.25) is 0 Å². The molecule has 0 saturated heterocycles. The molecule has 4 aromatic rings. The average Bonchev–Trinajstić information content (AvgIpc) is 3.03. The normalized spacial score (nSPS) is 11.2. The number of hydrogen-bond donors (Lipinski definition) is 1. The first kappa shape index (κ1) is 17.0. The van der Waals surface area contributed by atoms with Gasteiger partial charge in [0.05, 0.1) is 16.6 Å². The molecular weight excluding hydrogens is 347 g/mol. The molecular formula is C20H17FN4O2. The van der Waals surface area contributed by atoms with Crippen molar-refractivity contribution in [2.45, 2.75) is 20.4 Å². The Kier molecular flexibility index (Phi) is 3.99. The summed E-state index contributed by atoms with van der Waals surface area (Å²) in [5, 5.41) is 7.54. The summed E-state index contributed by atoms with van der Waals surface area (Å²) < 4.78 is 16.7. The number of aromatic nitrogens is 3. The molecule has 0 bridgehead atoms. The van der Waals surface area contributed by atoms with E-state index in [1.54, 1.807) is 41.8 Å². The molecule has 0 spiro atoms. The Labute approximate surface area is 153 Å². The van der Waals surface area contributed by atoms with Gasteiger partial charge in [0, 0.05) is 11.8 Å². The first-order valence-electron chi connectivity index (χ1n) is 8.48. The number of hydrogen-bond acceptors (Lipinski definition) is 3. The van der Waals surface area contributed by atoms with Crippen molar-refractivity contribution in [3.8, 4) is 0 Å². The van der Waals surface area contributed by atoms with E-state index in [1.807, 2.05) is 19.1 Å². The zero-order chi connectivity index (χ0) is 19.1. The molecule has 27 heavy (non-hydrogen) atoms. The molecule has 0 saturated carbocycles. The van der Waals surface area contributed by atoms with E-state index < -0.39 is 11.7 Å². The molecule has 2 aromatic heterocycles. The van der Waals surface area contributed by atoms with Gasteiger partial charge >= 0.3 is 0 Å². The largest absolute Gasteiger partial charge is 0.324 e. The average molecular weight is 364 g/mol. The van der Waals surface area contributed by atoms with Crippen molar-refractivity contribution in [3.63, 3.8) is 0 Å². The topological polar surface area (TPSA) is 68.4 Å². The fraction of sp³-hybridized carbons (Fsp3) is 0.150. The highest BCUT2D eigenvalue weighted by Crippen LogP contribution is 2.16. The Morgan fingerprint density at radius 1 is 1.15 bits per heavy atom. The van der Waals surface area contributed by atoms with Gasteiger partial charge in [-0.15, -0.1) is 0 Å². The van der Waals surface area contributed by atoms with Gasteiger partial charge in [0.2, 0.25) is 5.91 Å². The van der Waals surface area contributed by atoms with Crippen LogP contribution in [0.15, 0.2) is 53.3 Å². The molecule has 2 heterocycles. The van der Waals surface area contributed by atoms with Gasteiger partial charge < -0.3 is 5.32 Å². The van der Waals surface area contributed by atoms with E-state index in [0.29, 0.717) is 27.8 Å². The second-order valence-corrected chi connectivity index (χ2v) is 6.48. The summed E-state index contributed by atoms with van der Waals surface area (Å²) in [5.41, 5.74) is 2.51. The summed E-state index contributed by atoms with van der Waals surface area (Å²) in [5.74, 6) is -0.819. The Bertz CT molecular complexity index is 1260. The monoisotopic (exact) mass is 364 g/mol. The minimum atomic E-state index is -0.420. The number of carbonyl (C=O) groups is 1. The summed E-state index contributed by atoms with van der Waals surface area (Å²) in [6.07, 6.45) is 0. The maximum Gasteiger partial charge on any atom is 0.262 e. The summed E-state index contributed by atoms with van der Waals surface area (Å²) in [7, 11) is 0. The molecule has 4 rings (SSSR count). The van der Waals surface area contributed by atoms with Crippen LogP contribution >= 0.6 is 0 Å². The van der Waals surface area contributed by atoms with Crippen LogP contribution in [0.25, 0.3) is 16.6 Å². The third-order valence-corrected chi connectivity index (χ3v) is 4.45. The first-order chi connectivity index (χ1) is 12.9. The molecule has 7 heteroatoms. The Balaban J connectivity index is 1.76. The van der Waals surface area contributed by atoms with Crippen molar-refractivity contribution >= 4 is 28.1 Å². The molecule has 0 aliphatic rings. The number of aryl methyl sites for hydroxylation is 2. The molecule has 6 nitrogen and oxygen atoms in total. The van der Waals surface area contributed by atoms with Gasteiger partial charge in [-0.3, -0.25) is 14.2 Å². The number of benzene rings is 2. The lowest BCUT2D eigenvalue weighted by atomic mass is 10.2. The van der Waals surface area contributed by atoms with Gasteiger partial charge in [-0.25, -0.2) is 8.91 Å². The van der Waals surface area contributed by atoms with E-state index in [9.17, 15) is 14.0 Å². The second-order valence-electron chi connectivity index (χ2n) is 6.48. The standard InChI is InChI=1S/C20H17FN4O2/c1-12-7-8-14(10-16(12)21)22-18(26)11-24-19-9-13(2)23-25(19)17-6-4-3-5-15(17)20(24)27/h3-10H,11H2,1-2H3,(H,22,26). The van der Waals surface area contributed by atoms with Crippen molar-refractivity contribution in [1.82, 2.24) is 14.2 Å². The number of rotatable bonds is 3. The predicted octanol–water partition coefficient (Wildman–Crippen LogP) is 3.04. The van der Waals surface area contributed by atoms with Crippen LogP contribution in [0.1, 0.15) is 11.3 Å². The fourth-order valence-electron chi connectivity index (χ4n) is 3.11. The smallest absolute Gasteiger partial charge is 0.262 e. The Morgan fingerprint density at radius 2 is 1.93 bits per heavy atom. The summed E-state index contributed by atoms with van der Waals surface area (Å²) in [6, 6.07) is 13.4. The highest BCUT2D eigenvalue weighted by molar-refractivity contribution is 5.91.